The largest absolute Gasteiger partial charge is 0.384 e. The van der Waals surface area contributed by atoms with E-state index in [1.54, 1.807) is 36.5 Å². The van der Waals surface area contributed by atoms with Gasteiger partial charge in [0.2, 0.25) is 0 Å². The van der Waals surface area contributed by atoms with Crippen molar-refractivity contribution < 1.29 is 9.90 Å². The molecular formula is C15H14N2O2S. The molecular weight excluding hydrogens is 272 g/mol. The molecule has 5 heteroatoms. The maximum Gasteiger partial charge on any atom is 0.254 e. The van der Waals surface area contributed by atoms with E-state index in [0.717, 1.165) is 10.4 Å². The second-order valence-electron chi connectivity index (χ2n) is 4.18. The lowest BCUT2D eigenvalue weighted by atomic mass is 10.2. The molecule has 1 amide bonds. The minimum absolute atomic E-state index is 0.0402. The van der Waals surface area contributed by atoms with E-state index < -0.39 is 0 Å². The lowest BCUT2D eigenvalue weighted by Crippen LogP contribution is -2.25. The van der Waals surface area contributed by atoms with Crippen LogP contribution >= 0.6 is 11.3 Å². The van der Waals surface area contributed by atoms with Gasteiger partial charge in [-0.1, -0.05) is 11.8 Å². The topological polar surface area (TPSA) is 53.4 Å². The average molecular weight is 286 g/mol. The number of nitrogens with zero attached hydrogens (tertiary/aromatic N) is 2. The van der Waals surface area contributed by atoms with E-state index in [4.69, 9.17) is 5.11 Å². The van der Waals surface area contributed by atoms with Gasteiger partial charge in [-0.05, 0) is 29.1 Å². The Hall–Kier alpha value is -2.16. The summed E-state index contributed by atoms with van der Waals surface area (Å²) >= 11 is 1.51. The molecule has 0 saturated heterocycles. The molecule has 20 heavy (non-hydrogen) atoms. The van der Waals surface area contributed by atoms with Gasteiger partial charge in [0, 0.05) is 31.5 Å². The zero-order chi connectivity index (χ0) is 14.4. The first-order valence-electron chi connectivity index (χ1n) is 6.03. The van der Waals surface area contributed by atoms with Crippen molar-refractivity contribution in [2.45, 2.75) is 6.54 Å². The highest BCUT2D eigenvalue weighted by Crippen LogP contribution is 2.16. The molecule has 0 radical (unpaired) electrons. The molecule has 4 nitrogen and oxygen atoms in total. The third-order valence-corrected chi connectivity index (χ3v) is 3.53. The molecule has 0 atom stereocenters. The first-order chi connectivity index (χ1) is 9.70. The fourth-order valence-corrected chi connectivity index (χ4v) is 2.48. The van der Waals surface area contributed by atoms with Crippen molar-refractivity contribution in [3.63, 3.8) is 0 Å². The quantitative estimate of drug-likeness (QED) is 0.875. The number of pyridine rings is 1. The summed E-state index contributed by atoms with van der Waals surface area (Å²) in [4.78, 5) is 18.6. The third kappa shape index (κ3) is 3.67. The first kappa shape index (κ1) is 14.3. The van der Waals surface area contributed by atoms with Crippen LogP contribution in [0.25, 0.3) is 0 Å². The van der Waals surface area contributed by atoms with Crippen LogP contribution in [0.3, 0.4) is 0 Å². The van der Waals surface area contributed by atoms with Crippen LogP contribution in [0.1, 0.15) is 20.8 Å². The molecule has 0 aromatic carbocycles. The Morgan fingerprint density at radius 3 is 2.90 bits per heavy atom. The number of amides is 1. The highest BCUT2D eigenvalue weighted by Gasteiger charge is 2.12. The van der Waals surface area contributed by atoms with Crippen molar-refractivity contribution in [2.24, 2.45) is 0 Å². The smallest absolute Gasteiger partial charge is 0.254 e. The van der Waals surface area contributed by atoms with Crippen LogP contribution in [0.2, 0.25) is 0 Å². The fourth-order valence-electron chi connectivity index (χ4n) is 1.71. The van der Waals surface area contributed by atoms with E-state index in [9.17, 15) is 4.79 Å². The maximum absolute atomic E-state index is 12.2. The maximum atomic E-state index is 12.2. The number of hydrogen-bond donors (Lipinski definition) is 1. The lowest BCUT2D eigenvalue weighted by molar-refractivity contribution is 0.0785. The number of carbonyl (C=O) groups is 1. The van der Waals surface area contributed by atoms with E-state index in [-0.39, 0.29) is 12.5 Å². The summed E-state index contributed by atoms with van der Waals surface area (Å²) in [6.45, 7) is 0.381. The summed E-state index contributed by atoms with van der Waals surface area (Å²) in [7, 11) is 1.76. The third-order valence-electron chi connectivity index (χ3n) is 2.64. The number of hydrogen-bond acceptors (Lipinski definition) is 4. The van der Waals surface area contributed by atoms with Gasteiger partial charge in [-0.15, -0.1) is 11.3 Å². The second-order valence-corrected chi connectivity index (χ2v) is 5.09. The molecule has 0 aliphatic carbocycles. The average Bonchev–Trinajstić information content (AvgIpc) is 2.92. The van der Waals surface area contributed by atoms with Gasteiger partial charge in [0.25, 0.3) is 5.91 Å². The Labute approximate surface area is 121 Å². The number of carbonyl (C=O) groups excluding carboxylic acids is 1. The molecule has 102 valence electrons. The van der Waals surface area contributed by atoms with Gasteiger partial charge in [0.1, 0.15) is 6.61 Å². The standard InChI is InChI=1S/C15H14N2O2S/c1-17(15(19)13-4-6-16-7-5-13)10-12-9-14(20-11-12)3-2-8-18/h4-7,9,11,18H,8,10H2,1H3. The Morgan fingerprint density at radius 2 is 2.20 bits per heavy atom. The molecule has 0 bridgehead atoms. The molecule has 0 unspecified atom stereocenters. The zero-order valence-corrected chi connectivity index (χ0v) is 11.9. The normalized spacial score (nSPS) is 9.70. The van der Waals surface area contributed by atoms with Gasteiger partial charge in [-0.25, -0.2) is 0 Å². The Morgan fingerprint density at radius 1 is 1.45 bits per heavy atom. The predicted octanol–water partition coefficient (Wildman–Crippen LogP) is 1.76. The molecule has 0 saturated carbocycles. The van der Waals surface area contributed by atoms with E-state index in [1.165, 1.54) is 11.3 Å². The monoisotopic (exact) mass is 286 g/mol. The second kappa shape index (κ2) is 6.85. The fraction of sp³-hybridized carbons (Fsp3) is 0.200. The van der Waals surface area contributed by atoms with Crippen molar-refractivity contribution in [3.8, 4) is 11.8 Å². The zero-order valence-electron chi connectivity index (χ0n) is 11.0. The van der Waals surface area contributed by atoms with Crippen LogP contribution in [0.4, 0.5) is 0 Å². The summed E-state index contributed by atoms with van der Waals surface area (Å²) in [5, 5.41) is 10.6. The molecule has 2 aromatic heterocycles. The van der Waals surface area contributed by atoms with Gasteiger partial charge in [-0.2, -0.15) is 0 Å². The number of aliphatic hydroxyl groups is 1. The summed E-state index contributed by atoms with van der Waals surface area (Å²) in [6.07, 6.45) is 3.21. The number of aliphatic hydroxyl groups excluding tert-OH is 1. The number of rotatable bonds is 3. The molecule has 2 aromatic rings. The summed E-state index contributed by atoms with van der Waals surface area (Å²) in [6, 6.07) is 5.33. The van der Waals surface area contributed by atoms with E-state index in [2.05, 4.69) is 16.8 Å². The SMILES string of the molecule is CN(Cc1csc(C#CCO)c1)C(=O)c1ccncc1. The van der Waals surface area contributed by atoms with Crippen LogP contribution < -0.4 is 0 Å². The van der Waals surface area contributed by atoms with Crippen molar-refractivity contribution in [3.05, 3.63) is 52.0 Å². The first-order valence-corrected chi connectivity index (χ1v) is 6.91. The Bertz CT molecular complexity index is 641. The van der Waals surface area contributed by atoms with Crippen molar-refractivity contribution in [2.75, 3.05) is 13.7 Å². The molecule has 1 N–H and O–H groups in total. The molecule has 2 heterocycles. The minimum atomic E-state index is -0.145. The van der Waals surface area contributed by atoms with Crippen LogP contribution in [-0.4, -0.2) is 34.6 Å². The van der Waals surface area contributed by atoms with Crippen LogP contribution in [0, 0.1) is 11.8 Å². The molecule has 0 spiro atoms. The van der Waals surface area contributed by atoms with Gasteiger partial charge in [-0.3, -0.25) is 9.78 Å². The molecule has 2 rings (SSSR count). The van der Waals surface area contributed by atoms with E-state index in [0.29, 0.717) is 12.1 Å². The molecule has 0 aliphatic heterocycles. The van der Waals surface area contributed by atoms with Crippen LogP contribution in [0.15, 0.2) is 36.0 Å². The van der Waals surface area contributed by atoms with Gasteiger partial charge in [0.05, 0.1) is 4.88 Å². The van der Waals surface area contributed by atoms with Crippen LogP contribution in [-0.2, 0) is 6.54 Å². The summed E-state index contributed by atoms with van der Waals surface area (Å²) < 4.78 is 0. The highest BCUT2D eigenvalue weighted by molar-refractivity contribution is 7.10. The summed E-state index contributed by atoms with van der Waals surface area (Å²) in [5.74, 6) is 5.42. The lowest BCUT2D eigenvalue weighted by Gasteiger charge is -2.16. The van der Waals surface area contributed by atoms with Crippen LogP contribution in [0.5, 0.6) is 0 Å². The van der Waals surface area contributed by atoms with Crippen molar-refractivity contribution in [1.82, 2.24) is 9.88 Å². The predicted molar refractivity (Wildman–Crippen MR) is 78.3 cm³/mol. The molecule has 0 fully saturated rings. The van der Waals surface area contributed by atoms with Crippen molar-refractivity contribution >= 4 is 17.2 Å². The highest BCUT2D eigenvalue weighted by atomic mass is 32.1. The van der Waals surface area contributed by atoms with Crippen molar-refractivity contribution in [1.29, 1.82) is 0 Å². The Balaban J connectivity index is 2.02. The summed E-state index contributed by atoms with van der Waals surface area (Å²) in [5.41, 5.74) is 1.65. The number of thiophene rings is 1. The van der Waals surface area contributed by atoms with Gasteiger partial charge >= 0.3 is 0 Å². The van der Waals surface area contributed by atoms with E-state index in [1.807, 2.05) is 11.4 Å². The van der Waals surface area contributed by atoms with E-state index >= 15 is 0 Å². The Kier molecular flexibility index (Phi) is 4.88. The molecule has 0 aliphatic rings. The van der Waals surface area contributed by atoms with Gasteiger partial charge < -0.3 is 10.0 Å². The minimum Gasteiger partial charge on any atom is -0.384 e. The number of aromatic nitrogens is 1. The van der Waals surface area contributed by atoms with Gasteiger partial charge in [0.15, 0.2) is 0 Å².